The van der Waals surface area contributed by atoms with Crippen molar-refractivity contribution in [2.45, 2.75) is 38.8 Å². The minimum Gasteiger partial charge on any atom is -0.444 e. The van der Waals surface area contributed by atoms with Crippen molar-refractivity contribution in [1.82, 2.24) is 4.90 Å². The fourth-order valence-electron chi connectivity index (χ4n) is 2.16. The first-order valence-corrected chi connectivity index (χ1v) is 6.36. The Balaban J connectivity index is 2.70. The fourth-order valence-corrected chi connectivity index (χ4v) is 2.16. The van der Waals surface area contributed by atoms with Crippen molar-refractivity contribution >= 4 is 6.09 Å². The van der Waals surface area contributed by atoms with E-state index >= 15 is 0 Å². The standard InChI is InChI=1S/C12H22N4O3/c1-12(2,3)19-11(17)16-6-9(8-18-4)5-10(7-16)14-15-13/h9-10H,5-8H2,1-4H3. The maximum Gasteiger partial charge on any atom is 0.410 e. The zero-order valence-corrected chi connectivity index (χ0v) is 12.0. The first-order chi connectivity index (χ1) is 8.85. The van der Waals surface area contributed by atoms with Gasteiger partial charge in [-0.15, -0.1) is 0 Å². The number of likely N-dealkylation sites (tertiary alicyclic amines) is 1. The maximum absolute atomic E-state index is 12.0. The number of azide groups is 1. The number of hydrogen-bond acceptors (Lipinski definition) is 4. The Morgan fingerprint density at radius 2 is 2.16 bits per heavy atom. The van der Waals surface area contributed by atoms with Crippen LogP contribution in [0.4, 0.5) is 4.79 Å². The molecule has 0 N–H and O–H groups in total. The van der Waals surface area contributed by atoms with Crippen LogP contribution in [0.5, 0.6) is 0 Å². The number of rotatable bonds is 3. The molecule has 2 atom stereocenters. The van der Waals surface area contributed by atoms with Gasteiger partial charge in [0.1, 0.15) is 5.60 Å². The molecule has 1 heterocycles. The highest BCUT2D eigenvalue weighted by molar-refractivity contribution is 5.68. The van der Waals surface area contributed by atoms with Crippen molar-refractivity contribution in [2.75, 3.05) is 26.8 Å². The molecule has 1 fully saturated rings. The Morgan fingerprint density at radius 1 is 1.47 bits per heavy atom. The predicted molar refractivity (Wildman–Crippen MR) is 70.7 cm³/mol. The first kappa shape index (κ1) is 15.6. The zero-order chi connectivity index (χ0) is 14.5. The molecule has 1 amide bonds. The normalized spacial score (nSPS) is 23.7. The van der Waals surface area contributed by atoms with Crippen LogP contribution in [0, 0.1) is 5.92 Å². The number of carbonyl (C=O) groups is 1. The Hall–Kier alpha value is -1.46. The van der Waals surface area contributed by atoms with E-state index < -0.39 is 5.60 Å². The lowest BCUT2D eigenvalue weighted by Crippen LogP contribution is -2.48. The molecule has 0 radical (unpaired) electrons. The molecule has 1 saturated heterocycles. The van der Waals surface area contributed by atoms with Gasteiger partial charge >= 0.3 is 6.09 Å². The van der Waals surface area contributed by atoms with E-state index in [4.69, 9.17) is 15.0 Å². The second-order valence-corrected chi connectivity index (χ2v) is 5.80. The van der Waals surface area contributed by atoms with E-state index in [9.17, 15) is 4.79 Å². The number of amides is 1. The molecule has 0 bridgehead atoms. The topological polar surface area (TPSA) is 87.5 Å². The van der Waals surface area contributed by atoms with E-state index in [2.05, 4.69) is 10.0 Å². The van der Waals surface area contributed by atoms with Gasteiger partial charge in [-0.3, -0.25) is 0 Å². The van der Waals surface area contributed by atoms with Gasteiger partial charge in [-0.05, 0) is 32.7 Å². The lowest BCUT2D eigenvalue weighted by Gasteiger charge is -2.36. The quantitative estimate of drug-likeness (QED) is 0.448. The summed E-state index contributed by atoms with van der Waals surface area (Å²) in [6, 6.07) is -0.216. The minimum atomic E-state index is -0.528. The summed E-state index contributed by atoms with van der Waals surface area (Å²) >= 11 is 0. The van der Waals surface area contributed by atoms with Crippen molar-refractivity contribution in [3.8, 4) is 0 Å². The molecule has 108 valence electrons. The molecule has 0 aliphatic carbocycles. The molecule has 0 saturated carbocycles. The average molecular weight is 270 g/mol. The van der Waals surface area contributed by atoms with Gasteiger partial charge in [0, 0.05) is 31.0 Å². The van der Waals surface area contributed by atoms with Gasteiger partial charge in [-0.25, -0.2) is 4.79 Å². The summed E-state index contributed by atoms with van der Waals surface area (Å²) in [5, 5.41) is 3.72. The van der Waals surface area contributed by atoms with Gasteiger partial charge < -0.3 is 14.4 Å². The molecule has 7 nitrogen and oxygen atoms in total. The van der Waals surface area contributed by atoms with Crippen LogP contribution < -0.4 is 0 Å². The number of nitrogens with zero attached hydrogens (tertiary/aromatic N) is 4. The van der Waals surface area contributed by atoms with Crippen molar-refractivity contribution in [1.29, 1.82) is 0 Å². The molecule has 0 aromatic heterocycles. The number of hydrogen-bond donors (Lipinski definition) is 0. The third kappa shape index (κ3) is 5.36. The van der Waals surface area contributed by atoms with E-state index in [1.165, 1.54) is 0 Å². The van der Waals surface area contributed by atoms with Gasteiger partial charge in [-0.1, -0.05) is 5.11 Å². The van der Waals surface area contributed by atoms with Crippen LogP contribution in [0.2, 0.25) is 0 Å². The predicted octanol–water partition coefficient (Wildman–Crippen LogP) is 2.57. The fraction of sp³-hybridized carbons (Fsp3) is 0.917. The summed E-state index contributed by atoms with van der Waals surface area (Å²) < 4.78 is 10.5. The number of piperidine rings is 1. The summed E-state index contributed by atoms with van der Waals surface area (Å²) in [5.41, 5.74) is 8.01. The molecule has 0 spiro atoms. The van der Waals surface area contributed by atoms with E-state index in [0.29, 0.717) is 19.7 Å². The lowest BCUT2D eigenvalue weighted by molar-refractivity contribution is 0.00821. The van der Waals surface area contributed by atoms with Crippen molar-refractivity contribution in [3.63, 3.8) is 0 Å². The van der Waals surface area contributed by atoms with Crippen LogP contribution in [0.1, 0.15) is 27.2 Å². The van der Waals surface area contributed by atoms with Crippen LogP contribution in [0.15, 0.2) is 5.11 Å². The number of carbonyl (C=O) groups excluding carboxylic acids is 1. The SMILES string of the molecule is COCC1CC(N=[N+]=[N-])CN(C(=O)OC(C)(C)C)C1. The minimum absolute atomic E-state index is 0.168. The van der Waals surface area contributed by atoms with Crippen LogP contribution in [0.25, 0.3) is 10.4 Å². The van der Waals surface area contributed by atoms with Gasteiger partial charge in [0.25, 0.3) is 0 Å². The summed E-state index contributed by atoms with van der Waals surface area (Å²) in [6.07, 6.45) is 0.364. The Morgan fingerprint density at radius 3 is 2.68 bits per heavy atom. The summed E-state index contributed by atoms with van der Waals surface area (Å²) in [6.45, 7) is 6.99. The van der Waals surface area contributed by atoms with Crippen molar-refractivity contribution < 1.29 is 14.3 Å². The largest absolute Gasteiger partial charge is 0.444 e. The Bertz CT molecular complexity index is 360. The number of methoxy groups -OCH3 is 1. The van der Waals surface area contributed by atoms with E-state index in [0.717, 1.165) is 6.42 Å². The van der Waals surface area contributed by atoms with E-state index in [1.54, 1.807) is 12.0 Å². The summed E-state index contributed by atoms with van der Waals surface area (Å²) in [4.78, 5) is 16.5. The van der Waals surface area contributed by atoms with Gasteiger partial charge in [0.2, 0.25) is 0 Å². The molecular weight excluding hydrogens is 248 g/mol. The van der Waals surface area contributed by atoms with Crippen molar-refractivity contribution in [2.24, 2.45) is 11.0 Å². The first-order valence-electron chi connectivity index (χ1n) is 6.36. The highest BCUT2D eigenvalue weighted by Gasteiger charge is 2.32. The Labute approximate surface area is 113 Å². The lowest BCUT2D eigenvalue weighted by atomic mass is 9.96. The van der Waals surface area contributed by atoms with Crippen LogP contribution in [-0.2, 0) is 9.47 Å². The second kappa shape index (κ2) is 6.63. The van der Waals surface area contributed by atoms with Crippen LogP contribution in [-0.4, -0.2) is 49.4 Å². The third-order valence-electron chi connectivity index (χ3n) is 2.78. The van der Waals surface area contributed by atoms with Gasteiger partial charge in [-0.2, -0.15) is 0 Å². The zero-order valence-electron chi connectivity index (χ0n) is 12.0. The molecule has 1 rings (SSSR count). The molecule has 2 unspecified atom stereocenters. The Kier molecular flexibility index (Phi) is 5.44. The molecule has 1 aliphatic heterocycles. The molecule has 7 heteroatoms. The second-order valence-electron chi connectivity index (χ2n) is 5.80. The number of ether oxygens (including phenoxy) is 2. The average Bonchev–Trinajstić information content (AvgIpc) is 2.27. The molecule has 19 heavy (non-hydrogen) atoms. The maximum atomic E-state index is 12.0. The monoisotopic (exact) mass is 270 g/mol. The van der Waals surface area contributed by atoms with Crippen molar-refractivity contribution in [3.05, 3.63) is 10.4 Å². The molecule has 0 aromatic carbocycles. The van der Waals surface area contributed by atoms with Gasteiger partial charge in [0.05, 0.1) is 12.6 Å². The van der Waals surface area contributed by atoms with E-state index in [1.807, 2.05) is 20.8 Å². The molecule has 0 aromatic rings. The third-order valence-corrected chi connectivity index (χ3v) is 2.78. The highest BCUT2D eigenvalue weighted by atomic mass is 16.6. The smallest absolute Gasteiger partial charge is 0.410 e. The van der Waals surface area contributed by atoms with E-state index in [-0.39, 0.29) is 18.1 Å². The molecule has 1 aliphatic rings. The highest BCUT2D eigenvalue weighted by Crippen LogP contribution is 2.22. The molecular formula is C12H22N4O3. The van der Waals surface area contributed by atoms with Gasteiger partial charge in [0.15, 0.2) is 0 Å². The van der Waals surface area contributed by atoms with Crippen LogP contribution >= 0.6 is 0 Å². The summed E-state index contributed by atoms with van der Waals surface area (Å²) in [5.74, 6) is 0.168. The van der Waals surface area contributed by atoms with Crippen LogP contribution in [0.3, 0.4) is 0 Å². The summed E-state index contributed by atoms with van der Waals surface area (Å²) in [7, 11) is 1.62.